The first kappa shape index (κ1) is 21.1. The van der Waals surface area contributed by atoms with Gasteiger partial charge in [-0.25, -0.2) is 9.97 Å². The Balaban J connectivity index is 1.23. The van der Waals surface area contributed by atoms with Crippen LogP contribution in [0.4, 0.5) is 11.5 Å². The number of carbonyl (C=O) groups excluding carboxylic acids is 1. The van der Waals surface area contributed by atoms with Crippen LogP contribution in [-0.4, -0.2) is 70.9 Å². The van der Waals surface area contributed by atoms with E-state index in [2.05, 4.69) is 36.8 Å². The molecule has 32 heavy (non-hydrogen) atoms. The molecule has 5 rings (SSSR count). The van der Waals surface area contributed by atoms with Crippen LogP contribution in [0.1, 0.15) is 12.0 Å². The molecule has 0 spiro atoms. The van der Waals surface area contributed by atoms with Crippen molar-refractivity contribution in [3.8, 4) is 0 Å². The Bertz CT molecular complexity index is 1120. The van der Waals surface area contributed by atoms with E-state index in [1.54, 1.807) is 0 Å². The summed E-state index contributed by atoms with van der Waals surface area (Å²) in [5, 5.41) is 1.63. The predicted octanol–water partition coefficient (Wildman–Crippen LogP) is 2.83. The van der Waals surface area contributed by atoms with Crippen molar-refractivity contribution in [2.75, 3.05) is 43.4 Å². The SMILES string of the molecule is Nc1ncnc2cc(CN3CCN(C4CCN(c5cccc(Cl)c5)C4)CC3C=O)ccc12. The number of hydrogen-bond acceptors (Lipinski definition) is 7. The van der Waals surface area contributed by atoms with Gasteiger partial charge in [-0.05, 0) is 42.3 Å². The van der Waals surface area contributed by atoms with Crippen LogP contribution in [0.2, 0.25) is 5.02 Å². The monoisotopic (exact) mass is 450 g/mol. The molecule has 2 aliphatic rings. The van der Waals surface area contributed by atoms with Gasteiger partial charge in [0.1, 0.15) is 18.4 Å². The molecule has 1 aromatic heterocycles. The van der Waals surface area contributed by atoms with Gasteiger partial charge in [0.25, 0.3) is 0 Å². The number of nitrogen functional groups attached to an aromatic ring is 1. The molecule has 0 aliphatic carbocycles. The van der Waals surface area contributed by atoms with Crippen LogP contribution in [0.15, 0.2) is 48.8 Å². The van der Waals surface area contributed by atoms with Gasteiger partial charge in [0.05, 0.1) is 11.6 Å². The summed E-state index contributed by atoms with van der Waals surface area (Å²) in [6, 6.07) is 14.4. The lowest BCUT2D eigenvalue weighted by atomic mass is 10.1. The number of aldehydes is 1. The van der Waals surface area contributed by atoms with Crippen molar-refractivity contribution >= 4 is 40.3 Å². The smallest absolute Gasteiger partial charge is 0.138 e. The Morgan fingerprint density at radius 1 is 1.09 bits per heavy atom. The fourth-order valence-electron chi connectivity index (χ4n) is 4.93. The molecule has 2 atom stereocenters. The van der Waals surface area contributed by atoms with Crippen LogP contribution < -0.4 is 10.6 Å². The molecule has 2 fully saturated rings. The summed E-state index contributed by atoms with van der Waals surface area (Å²) in [6.07, 6.45) is 3.68. The van der Waals surface area contributed by atoms with Gasteiger partial charge in [0.15, 0.2) is 0 Å². The van der Waals surface area contributed by atoms with E-state index in [1.807, 2.05) is 30.3 Å². The Kier molecular flexibility index (Phi) is 5.95. The third kappa shape index (κ3) is 4.28. The number of nitrogens with zero attached hydrogens (tertiary/aromatic N) is 5. The van der Waals surface area contributed by atoms with Crippen molar-refractivity contribution in [2.45, 2.75) is 25.0 Å². The lowest BCUT2D eigenvalue weighted by molar-refractivity contribution is -0.115. The Morgan fingerprint density at radius 2 is 2.00 bits per heavy atom. The zero-order valence-electron chi connectivity index (χ0n) is 17.9. The second kappa shape index (κ2) is 9.02. The third-order valence-electron chi connectivity index (χ3n) is 6.69. The molecule has 3 aromatic rings. The van der Waals surface area contributed by atoms with Gasteiger partial charge in [-0.1, -0.05) is 23.7 Å². The van der Waals surface area contributed by atoms with Gasteiger partial charge in [-0.3, -0.25) is 9.80 Å². The average molecular weight is 451 g/mol. The Labute approximate surface area is 192 Å². The minimum absolute atomic E-state index is 0.116. The van der Waals surface area contributed by atoms with Crippen LogP contribution in [0.5, 0.6) is 0 Å². The number of rotatable bonds is 5. The van der Waals surface area contributed by atoms with Crippen molar-refractivity contribution in [3.05, 3.63) is 59.4 Å². The van der Waals surface area contributed by atoms with Gasteiger partial charge >= 0.3 is 0 Å². The Hall–Kier alpha value is -2.74. The second-order valence-electron chi connectivity index (χ2n) is 8.65. The summed E-state index contributed by atoms with van der Waals surface area (Å²) in [5.41, 5.74) is 9.08. The normalized spacial score (nSPS) is 22.5. The number of nitrogens with two attached hydrogens (primary N) is 1. The molecule has 2 aromatic carbocycles. The maximum atomic E-state index is 12.0. The summed E-state index contributed by atoms with van der Waals surface area (Å²) in [5.74, 6) is 0.490. The van der Waals surface area contributed by atoms with Crippen molar-refractivity contribution in [3.63, 3.8) is 0 Å². The molecule has 2 unspecified atom stereocenters. The first-order valence-electron chi connectivity index (χ1n) is 11.0. The molecule has 0 bridgehead atoms. The lowest BCUT2D eigenvalue weighted by Gasteiger charge is -2.41. The van der Waals surface area contributed by atoms with Crippen LogP contribution in [0, 0.1) is 0 Å². The third-order valence-corrected chi connectivity index (χ3v) is 6.93. The average Bonchev–Trinajstić information content (AvgIpc) is 3.30. The molecule has 8 heteroatoms. The quantitative estimate of drug-likeness (QED) is 0.599. The molecule has 3 heterocycles. The first-order chi connectivity index (χ1) is 15.6. The zero-order valence-corrected chi connectivity index (χ0v) is 18.7. The summed E-state index contributed by atoms with van der Waals surface area (Å²) < 4.78 is 0. The van der Waals surface area contributed by atoms with Crippen molar-refractivity contribution in [1.29, 1.82) is 0 Å². The van der Waals surface area contributed by atoms with E-state index in [4.69, 9.17) is 17.3 Å². The number of hydrogen-bond donors (Lipinski definition) is 1. The van der Waals surface area contributed by atoms with Crippen molar-refractivity contribution in [2.24, 2.45) is 0 Å². The second-order valence-corrected chi connectivity index (χ2v) is 9.08. The molecule has 0 amide bonds. The highest BCUT2D eigenvalue weighted by molar-refractivity contribution is 6.30. The van der Waals surface area contributed by atoms with E-state index < -0.39 is 0 Å². The molecule has 166 valence electrons. The summed E-state index contributed by atoms with van der Waals surface area (Å²) in [4.78, 5) is 27.5. The minimum atomic E-state index is -0.116. The van der Waals surface area contributed by atoms with E-state index in [1.165, 1.54) is 12.0 Å². The van der Waals surface area contributed by atoms with Gasteiger partial charge in [0, 0.05) is 61.4 Å². The molecule has 0 radical (unpaired) electrons. The van der Waals surface area contributed by atoms with Crippen LogP contribution >= 0.6 is 11.6 Å². The van der Waals surface area contributed by atoms with E-state index in [9.17, 15) is 4.79 Å². The van der Waals surface area contributed by atoms with E-state index in [0.29, 0.717) is 11.9 Å². The molecule has 2 N–H and O–H groups in total. The van der Waals surface area contributed by atoms with E-state index >= 15 is 0 Å². The number of benzene rings is 2. The highest BCUT2D eigenvalue weighted by atomic mass is 35.5. The van der Waals surface area contributed by atoms with Crippen molar-refractivity contribution < 1.29 is 4.79 Å². The van der Waals surface area contributed by atoms with Gasteiger partial charge in [-0.2, -0.15) is 0 Å². The zero-order chi connectivity index (χ0) is 22.1. The van der Waals surface area contributed by atoms with Crippen LogP contribution in [0.25, 0.3) is 10.9 Å². The number of carbonyl (C=O) groups is 1. The highest BCUT2D eigenvalue weighted by Crippen LogP contribution is 2.27. The fraction of sp³-hybridized carbons (Fsp3) is 0.375. The number of halogens is 1. The fourth-order valence-corrected chi connectivity index (χ4v) is 5.11. The largest absolute Gasteiger partial charge is 0.383 e. The summed E-state index contributed by atoms with van der Waals surface area (Å²) in [7, 11) is 0. The van der Waals surface area contributed by atoms with E-state index in [0.717, 1.165) is 73.5 Å². The molecule has 0 saturated carbocycles. The summed E-state index contributed by atoms with van der Waals surface area (Å²) >= 11 is 6.17. The van der Waals surface area contributed by atoms with E-state index in [-0.39, 0.29) is 6.04 Å². The number of aromatic nitrogens is 2. The van der Waals surface area contributed by atoms with Crippen LogP contribution in [-0.2, 0) is 11.3 Å². The molecule has 2 aliphatic heterocycles. The lowest BCUT2D eigenvalue weighted by Crippen LogP contribution is -2.56. The molecule has 7 nitrogen and oxygen atoms in total. The Morgan fingerprint density at radius 3 is 2.84 bits per heavy atom. The topological polar surface area (TPSA) is 78.6 Å². The molecule has 2 saturated heterocycles. The van der Waals surface area contributed by atoms with Gasteiger partial charge in [0.2, 0.25) is 0 Å². The minimum Gasteiger partial charge on any atom is -0.383 e. The predicted molar refractivity (Wildman–Crippen MR) is 128 cm³/mol. The van der Waals surface area contributed by atoms with Crippen LogP contribution in [0.3, 0.4) is 0 Å². The number of piperazine rings is 1. The maximum Gasteiger partial charge on any atom is 0.138 e. The first-order valence-corrected chi connectivity index (χ1v) is 11.4. The molecular formula is C24H27ClN6O. The number of anilines is 2. The highest BCUT2D eigenvalue weighted by Gasteiger charge is 2.34. The summed E-state index contributed by atoms with van der Waals surface area (Å²) in [6.45, 7) is 5.29. The number of fused-ring (bicyclic) bond motifs is 1. The van der Waals surface area contributed by atoms with Gasteiger partial charge in [-0.15, -0.1) is 0 Å². The molecular weight excluding hydrogens is 424 g/mol. The standard InChI is InChI=1S/C24H27ClN6O/c25-18-2-1-3-19(11-18)29-7-6-20(13-29)31-9-8-30(21(14-31)15-32)12-17-4-5-22-23(10-17)27-16-28-24(22)26/h1-5,10-11,15-16,20-21H,6-9,12-14H2,(H2,26,27,28). The van der Waals surface area contributed by atoms with Gasteiger partial charge < -0.3 is 15.4 Å². The van der Waals surface area contributed by atoms with Crippen molar-refractivity contribution in [1.82, 2.24) is 19.8 Å². The maximum absolute atomic E-state index is 12.0.